The zero-order valence-electron chi connectivity index (χ0n) is 20.3. The predicted octanol–water partition coefficient (Wildman–Crippen LogP) is 8.91. The first kappa shape index (κ1) is 26.2. The molecule has 1 aromatic carbocycles. The van der Waals surface area contributed by atoms with Gasteiger partial charge in [0.1, 0.15) is 6.54 Å². The molecule has 1 heteroatoms. The fraction of sp³-hybridized carbons (Fsp3) is 0.786. The lowest BCUT2D eigenvalue weighted by molar-refractivity contribution is -0.903. The van der Waals surface area contributed by atoms with Crippen molar-refractivity contribution in [2.24, 2.45) is 0 Å². The summed E-state index contributed by atoms with van der Waals surface area (Å²) in [6.07, 6.45) is 24.6. The van der Waals surface area contributed by atoms with Crippen LogP contribution in [0.2, 0.25) is 0 Å². The van der Waals surface area contributed by atoms with Gasteiger partial charge in [-0.3, -0.25) is 0 Å². The fourth-order valence-corrected chi connectivity index (χ4v) is 4.42. The van der Waals surface area contributed by atoms with E-state index in [0.29, 0.717) is 0 Å². The van der Waals surface area contributed by atoms with Crippen LogP contribution in [-0.2, 0) is 6.54 Å². The van der Waals surface area contributed by atoms with Gasteiger partial charge in [-0.05, 0) is 12.8 Å². The van der Waals surface area contributed by atoms with E-state index in [-0.39, 0.29) is 0 Å². The molecule has 1 rings (SSSR count). The molecule has 0 unspecified atom stereocenters. The molecule has 1 nitrogen and oxygen atoms in total. The summed E-state index contributed by atoms with van der Waals surface area (Å²) in [5, 5.41) is 0. The van der Waals surface area contributed by atoms with Crippen molar-refractivity contribution in [1.82, 2.24) is 0 Å². The Labute approximate surface area is 183 Å². The van der Waals surface area contributed by atoms with Crippen molar-refractivity contribution >= 4 is 0 Å². The second kappa shape index (κ2) is 18.0. The van der Waals surface area contributed by atoms with Crippen LogP contribution in [0.4, 0.5) is 0 Å². The third kappa shape index (κ3) is 16.6. The van der Waals surface area contributed by atoms with E-state index < -0.39 is 0 Å². The summed E-state index contributed by atoms with van der Waals surface area (Å²) in [7, 11) is 4.75. The number of unbranched alkanes of at least 4 members (excludes halogenated alkanes) is 16. The number of benzene rings is 1. The minimum absolute atomic E-state index is 1.11. The molecule has 0 saturated heterocycles. The summed E-state index contributed by atoms with van der Waals surface area (Å²) >= 11 is 0. The first-order chi connectivity index (χ1) is 14.1. The topological polar surface area (TPSA) is 0 Å². The van der Waals surface area contributed by atoms with Crippen LogP contribution in [0.1, 0.15) is 122 Å². The van der Waals surface area contributed by atoms with E-state index in [1.165, 1.54) is 121 Å². The number of hydrogen-bond acceptors (Lipinski definition) is 0. The molecular formula is C28H52N+. The number of quaternary nitrogens is 1. The lowest BCUT2D eigenvalue weighted by Crippen LogP contribution is -2.39. The zero-order chi connectivity index (χ0) is 21.0. The van der Waals surface area contributed by atoms with Gasteiger partial charge in [0.15, 0.2) is 0 Å². The third-order valence-corrected chi connectivity index (χ3v) is 6.32. The van der Waals surface area contributed by atoms with Crippen LogP contribution in [-0.4, -0.2) is 25.1 Å². The highest BCUT2D eigenvalue weighted by Crippen LogP contribution is 2.15. The Balaban J connectivity index is 1.81. The van der Waals surface area contributed by atoms with Crippen LogP contribution in [0.15, 0.2) is 30.3 Å². The molecule has 0 aromatic heterocycles. The minimum atomic E-state index is 1.11. The maximum atomic E-state index is 2.37. The van der Waals surface area contributed by atoms with E-state index in [2.05, 4.69) is 51.4 Å². The van der Waals surface area contributed by atoms with Gasteiger partial charge in [-0.2, -0.15) is 0 Å². The van der Waals surface area contributed by atoms with Crippen molar-refractivity contribution in [2.75, 3.05) is 20.6 Å². The van der Waals surface area contributed by atoms with Crippen molar-refractivity contribution < 1.29 is 4.48 Å². The van der Waals surface area contributed by atoms with Crippen molar-refractivity contribution in [3.05, 3.63) is 35.9 Å². The Morgan fingerprint density at radius 2 is 0.897 bits per heavy atom. The van der Waals surface area contributed by atoms with Gasteiger partial charge >= 0.3 is 0 Å². The van der Waals surface area contributed by atoms with Crippen molar-refractivity contribution in [2.45, 2.75) is 123 Å². The predicted molar refractivity (Wildman–Crippen MR) is 131 cm³/mol. The van der Waals surface area contributed by atoms with E-state index in [1.807, 2.05) is 0 Å². The molecule has 168 valence electrons. The van der Waals surface area contributed by atoms with Crippen molar-refractivity contribution in [1.29, 1.82) is 0 Å². The summed E-state index contributed by atoms with van der Waals surface area (Å²) in [5.74, 6) is 0. The second-order valence-electron chi connectivity index (χ2n) is 9.96. The maximum absolute atomic E-state index is 2.37. The Hall–Kier alpha value is -0.820. The molecule has 0 bridgehead atoms. The highest BCUT2D eigenvalue weighted by molar-refractivity contribution is 5.13. The maximum Gasteiger partial charge on any atom is 0.104 e. The average Bonchev–Trinajstić information content (AvgIpc) is 2.70. The SMILES string of the molecule is CCCCCCCCCCCCCCCCCCC[N+](C)(C)Cc1ccccc1. The van der Waals surface area contributed by atoms with Crippen LogP contribution >= 0.6 is 0 Å². The Kier molecular flexibility index (Phi) is 16.3. The van der Waals surface area contributed by atoms with E-state index >= 15 is 0 Å². The second-order valence-corrected chi connectivity index (χ2v) is 9.96. The van der Waals surface area contributed by atoms with Crippen LogP contribution < -0.4 is 0 Å². The molecule has 0 atom stereocenters. The highest BCUT2D eigenvalue weighted by Gasteiger charge is 2.14. The van der Waals surface area contributed by atoms with Crippen molar-refractivity contribution in [3.63, 3.8) is 0 Å². The largest absolute Gasteiger partial charge is 0.325 e. The van der Waals surface area contributed by atoms with E-state index in [4.69, 9.17) is 0 Å². The van der Waals surface area contributed by atoms with Gasteiger partial charge < -0.3 is 4.48 Å². The summed E-state index contributed by atoms with van der Waals surface area (Å²) in [6, 6.07) is 10.9. The fourth-order valence-electron chi connectivity index (χ4n) is 4.42. The first-order valence-corrected chi connectivity index (χ1v) is 13.0. The molecule has 0 radical (unpaired) electrons. The van der Waals surface area contributed by atoms with Gasteiger partial charge in [-0.15, -0.1) is 0 Å². The summed E-state index contributed by atoms with van der Waals surface area (Å²) in [6.45, 7) is 4.75. The van der Waals surface area contributed by atoms with E-state index in [0.717, 1.165) is 11.0 Å². The third-order valence-electron chi connectivity index (χ3n) is 6.32. The monoisotopic (exact) mass is 402 g/mol. The molecule has 0 aliphatic heterocycles. The quantitative estimate of drug-likeness (QED) is 0.151. The molecule has 0 aliphatic rings. The minimum Gasteiger partial charge on any atom is -0.325 e. The van der Waals surface area contributed by atoms with Gasteiger partial charge in [-0.25, -0.2) is 0 Å². The molecule has 0 heterocycles. The van der Waals surface area contributed by atoms with Gasteiger partial charge in [0.25, 0.3) is 0 Å². The molecule has 0 spiro atoms. The molecule has 1 aromatic rings. The van der Waals surface area contributed by atoms with Gasteiger partial charge in [-0.1, -0.05) is 134 Å². The molecule has 0 saturated carbocycles. The number of rotatable bonds is 20. The van der Waals surface area contributed by atoms with Crippen LogP contribution in [0, 0.1) is 0 Å². The molecule has 0 fully saturated rings. The molecule has 0 amide bonds. The van der Waals surface area contributed by atoms with E-state index in [1.54, 1.807) is 0 Å². The van der Waals surface area contributed by atoms with Gasteiger partial charge in [0, 0.05) is 5.56 Å². The van der Waals surface area contributed by atoms with E-state index in [9.17, 15) is 0 Å². The normalized spacial score (nSPS) is 11.8. The summed E-state index contributed by atoms with van der Waals surface area (Å²) in [4.78, 5) is 0. The Bertz CT molecular complexity index is 451. The summed E-state index contributed by atoms with van der Waals surface area (Å²) < 4.78 is 1.11. The Morgan fingerprint density at radius 3 is 1.31 bits per heavy atom. The Morgan fingerprint density at radius 1 is 0.517 bits per heavy atom. The summed E-state index contributed by atoms with van der Waals surface area (Å²) in [5.41, 5.74) is 1.46. The van der Waals surface area contributed by atoms with Gasteiger partial charge in [0.2, 0.25) is 0 Å². The number of hydrogen-bond donors (Lipinski definition) is 0. The first-order valence-electron chi connectivity index (χ1n) is 13.0. The highest BCUT2D eigenvalue weighted by atomic mass is 15.3. The zero-order valence-corrected chi connectivity index (χ0v) is 20.3. The van der Waals surface area contributed by atoms with Crippen LogP contribution in [0.5, 0.6) is 0 Å². The number of nitrogens with zero attached hydrogens (tertiary/aromatic N) is 1. The smallest absolute Gasteiger partial charge is 0.104 e. The van der Waals surface area contributed by atoms with Crippen molar-refractivity contribution in [3.8, 4) is 0 Å². The molecule has 29 heavy (non-hydrogen) atoms. The molecular weight excluding hydrogens is 350 g/mol. The average molecular weight is 403 g/mol. The lowest BCUT2D eigenvalue weighted by atomic mass is 10.0. The van der Waals surface area contributed by atoms with Crippen LogP contribution in [0.3, 0.4) is 0 Å². The standard InChI is InChI=1S/C28H52N/c1-4-5-6-7-8-9-10-11-12-13-14-15-16-17-18-19-23-26-29(2,3)27-28-24-21-20-22-25-28/h20-22,24-25H,4-19,23,26-27H2,1-3H3/q+1. The molecule has 0 aliphatic carbocycles. The molecule has 0 N–H and O–H groups in total. The lowest BCUT2D eigenvalue weighted by Gasteiger charge is -2.30. The van der Waals surface area contributed by atoms with Crippen LogP contribution in [0.25, 0.3) is 0 Å². The van der Waals surface area contributed by atoms with Gasteiger partial charge in [0.05, 0.1) is 20.6 Å².